The average molecular weight is 565 g/mol. The first-order valence-corrected chi connectivity index (χ1v) is 13.2. The van der Waals surface area contributed by atoms with Crippen LogP contribution in [-0.4, -0.2) is 59.6 Å². The van der Waals surface area contributed by atoms with Crippen LogP contribution in [0.1, 0.15) is 31.0 Å². The van der Waals surface area contributed by atoms with Crippen molar-refractivity contribution in [3.05, 3.63) is 89.7 Å². The number of halogens is 1. The topological polar surface area (TPSA) is 83.1 Å². The molecule has 0 spiro atoms. The lowest BCUT2D eigenvalue weighted by Crippen LogP contribution is -2.57. The average Bonchev–Trinajstić information content (AvgIpc) is 3.32. The predicted octanol–water partition coefficient (Wildman–Crippen LogP) is 4.52. The number of benzene rings is 3. The molecule has 0 saturated carbocycles. The third-order valence-electron chi connectivity index (χ3n) is 6.99. The second-order valence-electron chi connectivity index (χ2n) is 9.94. The summed E-state index contributed by atoms with van der Waals surface area (Å²) < 4.78 is 25.4. The minimum absolute atomic E-state index is 0.0691. The highest BCUT2D eigenvalue weighted by Crippen LogP contribution is 2.31. The highest BCUT2D eigenvalue weighted by molar-refractivity contribution is 7.80. The van der Waals surface area contributed by atoms with Crippen molar-refractivity contribution < 1.29 is 23.5 Å². The van der Waals surface area contributed by atoms with Crippen LogP contribution in [0.15, 0.2) is 72.8 Å². The Balaban J connectivity index is 1.58. The SMILES string of the molecule is COc1ccc(NC(=O)C(C)(C)N(Cc2ccccc2F)C(=O)CN2C[C@H](c3ccccc3)NC2=S)c(OC)c1. The van der Waals surface area contributed by atoms with E-state index in [0.29, 0.717) is 34.4 Å². The van der Waals surface area contributed by atoms with Crippen LogP contribution in [0.5, 0.6) is 11.5 Å². The van der Waals surface area contributed by atoms with E-state index in [4.69, 9.17) is 21.7 Å². The highest BCUT2D eigenvalue weighted by atomic mass is 32.1. The number of ether oxygens (including phenoxy) is 2. The zero-order valence-corrected chi connectivity index (χ0v) is 23.8. The number of thiocarbonyl (C=S) groups is 1. The fraction of sp³-hybridized carbons (Fsp3) is 0.300. The summed E-state index contributed by atoms with van der Waals surface area (Å²) in [6, 6.07) is 21.0. The van der Waals surface area contributed by atoms with E-state index in [1.807, 2.05) is 30.3 Å². The molecule has 1 aliphatic heterocycles. The summed E-state index contributed by atoms with van der Waals surface area (Å²) in [5.74, 6) is -0.339. The third kappa shape index (κ3) is 6.34. The van der Waals surface area contributed by atoms with Crippen molar-refractivity contribution in [3.8, 4) is 11.5 Å². The van der Waals surface area contributed by atoms with Crippen LogP contribution in [-0.2, 0) is 16.1 Å². The van der Waals surface area contributed by atoms with Crippen molar-refractivity contribution in [2.45, 2.75) is 32.0 Å². The van der Waals surface area contributed by atoms with Crippen LogP contribution < -0.4 is 20.1 Å². The number of hydrogen-bond donors (Lipinski definition) is 2. The summed E-state index contributed by atoms with van der Waals surface area (Å²) in [6.45, 7) is 3.56. The fourth-order valence-electron chi connectivity index (χ4n) is 4.54. The molecule has 3 aromatic rings. The maximum atomic E-state index is 14.7. The molecule has 40 heavy (non-hydrogen) atoms. The molecular weight excluding hydrogens is 531 g/mol. The van der Waals surface area contributed by atoms with Crippen molar-refractivity contribution in [2.24, 2.45) is 0 Å². The normalized spacial score (nSPS) is 14.9. The van der Waals surface area contributed by atoms with Crippen LogP contribution in [0, 0.1) is 5.82 Å². The van der Waals surface area contributed by atoms with Gasteiger partial charge in [0.1, 0.15) is 22.9 Å². The lowest BCUT2D eigenvalue weighted by molar-refractivity contribution is -0.144. The Morgan fingerprint density at radius 2 is 1.77 bits per heavy atom. The molecule has 1 heterocycles. The van der Waals surface area contributed by atoms with Gasteiger partial charge in [-0.3, -0.25) is 9.59 Å². The molecule has 3 aromatic carbocycles. The highest BCUT2D eigenvalue weighted by Gasteiger charge is 2.40. The smallest absolute Gasteiger partial charge is 0.249 e. The Bertz CT molecular complexity index is 1390. The van der Waals surface area contributed by atoms with Gasteiger partial charge < -0.3 is 29.9 Å². The second-order valence-corrected chi connectivity index (χ2v) is 10.3. The molecule has 0 aromatic heterocycles. The first-order chi connectivity index (χ1) is 19.1. The molecule has 0 bridgehead atoms. The van der Waals surface area contributed by atoms with Gasteiger partial charge in [-0.1, -0.05) is 48.5 Å². The Labute approximate surface area is 239 Å². The van der Waals surface area contributed by atoms with Gasteiger partial charge in [-0.25, -0.2) is 4.39 Å². The summed E-state index contributed by atoms with van der Waals surface area (Å²) >= 11 is 5.53. The van der Waals surface area contributed by atoms with E-state index >= 15 is 0 Å². The molecule has 2 N–H and O–H groups in total. The van der Waals surface area contributed by atoms with Crippen LogP contribution in [0.4, 0.5) is 10.1 Å². The van der Waals surface area contributed by atoms with Crippen LogP contribution in [0.3, 0.4) is 0 Å². The number of anilines is 1. The van der Waals surface area contributed by atoms with E-state index < -0.39 is 17.3 Å². The summed E-state index contributed by atoms with van der Waals surface area (Å²) in [6.07, 6.45) is 0. The number of hydrogen-bond acceptors (Lipinski definition) is 5. The molecule has 210 valence electrons. The summed E-state index contributed by atoms with van der Waals surface area (Å²) in [5, 5.41) is 6.57. The van der Waals surface area contributed by atoms with Gasteiger partial charge in [-0.05, 0) is 49.8 Å². The van der Waals surface area contributed by atoms with Gasteiger partial charge in [0.25, 0.3) is 0 Å². The van der Waals surface area contributed by atoms with Crippen molar-refractivity contribution in [1.29, 1.82) is 0 Å². The van der Waals surface area contributed by atoms with Crippen molar-refractivity contribution >= 4 is 34.8 Å². The maximum Gasteiger partial charge on any atom is 0.249 e. The number of nitrogens with one attached hydrogen (secondary N) is 2. The number of carbonyl (C=O) groups is 2. The molecule has 0 radical (unpaired) electrons. The minimum Gasteiger partial charge on any atom is -0.497 e. The first-order valence-electron chi connectivity index (χ1n) is 12.8. The van der Waals surface area contributed by atoms with Gasteiger partial charge >= 0.3 is 0 Å². The number of rotatable bonds is 10. The molecule has 2 amide bonds. The van der Waals surface area contributed by atoms with Gasteiger partial charge in [0.05, 0.1) is 32.5 Å². The zero-order valence-electron chi connectivity index (χ0n) is 22.9. The molecule has 0 unspecified atom stereocenters. The van der Waals surface area contributed by atoms with Crippen molar-refractivity contribution in [3.63, 3.8) is 0 Å². The standard InChI is InChI=1S/C30H33FN4O4S/c1-30(2,28(37)32-24-15-14-22(38-3)16-26(24)39-4)35(17-21-12-8-9-13-23(21)31)27(36)19-34-18-25(33-29(34)40)20-10-6-5-7-11-20/h5-16,25H,17-19H2,1-4H3,(H,32,37)(H,33,40)/t25-/m1/s1. The zero-order chi connectivity index (χ0) is 28.9. The molecule has 10 heteroatoms. The summed E-state index contributed by atoms with van der Waals surface area (Å²) in [4.78, 5) is 30.7. The van der Waals surface area contributed by atoms with Gasteiger partial charge in [-0.15, -0.1) is 0 Å². The molecule has 1 atom stereocenters. The molecule has 4 rings (SSSR count). The Morgan fingerprint density at radius 3 is 2.45 bits per heavy atom. The van der Waals surface area contributed by atoms with E-state index in [0.717, 1.165) is 5.56 Å². The lowest BCUT2D eigenvalue weighted by atomic mass is 9.99. The van der Waals surface area contributed by atoms with Gasteiger partial charge in [-0.2, -0.15) is 0 Å². The summed E-state index contributed by atoms with van der Waals surface area (Å²) in [5.41, 5.74) is 0.382. The quantitative estimate of drug-likeness (QED) is 0.351. The van der Waals surface area contributed by atoms with Gasteiger partial charge in [0.15, 0.2) is 5.11 Å². The summed E-state index contributed by atoms with van der Waals surface area (Å²) in [7, 11) is 3.02. The van der Waals surface area contributed by atoms with E-state index in [-0.39, 0.29) is 25.0 Å². The van der Waals surface area contributed by atoms with E-state index in [1.54, 1.807) is 55.1 Å². The number of nitrogens with zero attached hydrogens (tertiary/aromatic N) is 2. The minimum atomic E-state index is -1.38. The molecule has 1 fully saturated rings. The molecule has 0 aliphatic carbocycles. The second kappa shape index (κ2) is 12.3. The van der Waals surface area contributed by atoms with Crippen molar-refractivity contribution in [1.82, 2.24) is 15.1 Å². The maximum absolute atomic E-state index is 14.7. The Hall–Kier alpha value is -4.18. The van der Waals surface area contributed by atoms with E-state index in [2.05, 4.69) is 10.6 Å². The van der Waals surface area contributed by atoms with Crippen LogP contribution in [0.25, 0.3) is 0 Å². The monoisotopic (exact) mass is 564 g/mol. The Kier molecular flexibility index (Phi) is 8.89. The fourth-order valence-corrected chi connectivity index (χ4v) is 4.82. The van der Waals surface area contributed by atoms with Crippen LogP contribution in [0.2, 0.25) is 0 Å². The van der Waals surface area contributed by atoms with E-state index in [9.17, 15) is 14.0 Å². The largest absolute Gasteiger partial charge is 0.497 e. The molecular formula is C30H33FN4O4S. The predicted molar refractivity (Wildman–Crippen MR) is 156 cm³/mol. The van der Waals surface area contributed by atoms with Crippen molar-refractivity contribution in [2.75, 3.05) is 32.6 Å². The Morgan fingerprint density at radius 1 is 1.07 bits per heavy atom. The van der Waals surface area contributed by atoms with E-state index in [1.165, 1.54) is 25.2 Å². The first kappa shape index (κ1) is 28.8. The molecule has 1 aliphatic rings. The van der Waals surface area contributed by atoms with Gasteiger partial charge in [0.2, 0.25) is 11.8 Å². The van der Waals surface area contributed by atoms with Crippen LogP contribution >= 0.6 is 12.2 Å². The van der Waals surface area contributed by atoms with Gasteiger partial charge in [0, 0.05) is 24.7 Å². The molecule has 1 saturated heterocycles. The lowest BCUT2D eigenvalue weighted by Gasteiger charge is -2.38. The number of carbonyl (C=O) groups excluding carboxylic acids is 2. The number of methoxy groups -OCH3 is 2. The number of amides is 2. The molecule has 8 nitrogen and oxygen atoms in total. The third-order valence-corrected chi connectivity index (χ3v) is 7.37.